The molecular formula is C12H17N. The van der Waals surface area contributed by atoms with Gasteiger partial charge in [0.25, 0.3) is 0 Å². The molecule has 1 saturated carbocycles. The van der Waals surface area contributed by atoms with Crippen LogP contribution >= 0.6 is 0 Å². The van der Waals surface area contributed by atoms with Gasteiger partial charge in [0.05, 0.1) is 0 Å². The predicted octanol–water partition coefficient (Wildman–Crippen LogP) is 2.26. The zero-order chi connectivity index (χ0) is 8.67. The highest BCUT2D eigenvalue weighted by atomic mass is 15.0. The maximum Gasteiger partial charge on any atom is 0.0255 e. The molecule has 4 atom stereocenters. The maximum absolute atomic E-state index is 3.75. The lowest BCUT2D eigenvalue weighted by Gasteiger charge is -2.42. The van der Waals surface area contributed by atoms with Crippen molar-refractivity contribution in [1.29, 1.82) is 0 Å². The fourth-order valence-electron chi connectivity index (χ4n) is 2.95. The van der Waals surface area contributed by atoms with Gasteiger partial charge in [-0.2, -0.15) is 0 Å². The van der Waals surface area contributed by atoms with Crippen LogP contribution in [0.5, 0.6) is 0 Å². The van der Waals surface area contributed by atoms with E-state index < -0.39 is 0 Å². The quantitative estimate of drug-likeness (QED) is 0.635. The standard InChI is InChI=1S/C12H17N/c1-2-6-10(5-1)13-12-8-9-4-3-7-11(9)12/h1,3,5,7,9-13H,2,4,6,8H2. The Kier molecular flexibility index (Phi) is 1.79. The number of rotatable bonds is 2. The lowest BCUT2D eigenvalue weighted by atomic mass is 9.71. The van der Waals surface area contributed by atoms with Crippen molar-refractivity contribution in [3.05, 3.63) is 24.3 Å². The summed E-state index contributed by atoms with van der Waals surface area (Å²) < 4.78 is 0. The fourth-order valence-corrected chi connectivity index (χ4v) is 2.95. The highest BCUT2D eigenvalue weighted by Gasteiger charge is 2.41. The highest BCUT2D eigenvalue weighted by Crippen LogP contribution is 2.43. The first kappa shape index (κ1) is 7.81. The van der Waals surface area contributed by atoms with Gasteiger partial charge in [-0.1, -0.05) is 24.3 Å². The molecule has 0 heterocycles. The molecule has 3 aliphatic carbocycles. The van der Waals surface area contributed by atoms with Crippen molar-refractivity contribution in [3.63, 3.8) is 0 Å². The topological polar surface area (TPSA) is 12.0 Å². The third-order valence-corrected chi connectivity index (χ3v) is 3.80. The van der Waals surface area contributed by atoms with Crippen LogP contribution in [-0.4, -0.2) is 12.1 Å². The smallest absolute Gasteiger partial charge is 0.0255 e. The van der Waals surface area contributed by atoms with Crippen molar-refractivity contribution in [2.24, 2.45) is 11.8 Å². The van der Waals surface area contributed by atoms with E-state index in [0.29, 0.717) is 6.04 Å². The van der Waals surface area contributed by atoms with Crippen molar-refractivity contribution in [2.45, 2.75) is 37.8 Å². The van der Waals surface area contributed by atoms with Crippen molar-refractivity contribution in [2.75, 3.05) is 0 Å². The van der Waals surface area contributed by atoms with Gasteiger partial charge in [-0.3, -0.25) is 0 Å². The van der Waals surface area contributed by atoms with Gasteiger partial charge in [0.15, 0.2) is 0 Å². The zero-order valence-electron chi connectivity index (χ0n) is 7.95. The summed E-state index contributed by atoms with van der Waals surface area (Å²) in [6.07, 6.45) is 14.8. The van der Waals surface area contributed by atoms with E-state index in [1.54, 1.807) is 0 Å². The summed E-state index contributed by atoms with van der Waals surface area (Å²) >= 11 is 0. The number of allylic oxidation sites excluding steroid dienone is 2. The molecule has 1 heteroatoms. The summed E-state index contributed by atoms with van der Waals surface area (Å²) in [6, 6.07) is 1.47. The van der Waals surface area contributed by atoms with Gasteiger partial charge in [-0.05, 0) is 37.5 Å². The lowest BCUT2D eigenvalue weighted by molar-refractivity contribution is 0.156. The summed E-state index contributed by atoms with van der Waals surface area (Å²) in [7, 11) is 0. The number of hydrogen-bond acceptors (Lipinski definition) is 1. The molecule has 0 amide bonds. The van der Waals surface area contributed by atoms with Crippen molar-refractivity contribution in [3.8, 4) is 0 Å². The molecule has 0 spiro atoms. The second kappa shape index (κ2) is 2.98. The predicted molar refractivity (Wildman–Crippen MR) is 54.4 cm³/mol. The fraction of sp³-hybridized carbons (Fsp3) is 0.667. The SMILES string of the molecule is C1=CC(NC2CC3CC=CC32)CC1. The molecule has 1 nitrogen and oxygen atoms in total. The number of fused-ring (bicyclic) bond motifs is 1. The van der Waals surface area contributed by atoms with E-state index in [9.17, 15) is 0 Å². The lowest BCUT2D eigenvalue weighted by Crippen LogP contribution is -2.50. The first-order valence-corrected chi connectivity index (χ1v) is 5.53. The van der Waals surface area contributed by atoms with E-state index in [-0.39, 0.29) is 0 Å². The van der Waals surface area contributed by atoms with Crippen LogP contribution in [0, 0.1) is 11.8 Å². The molecule has 4 unspecified atom stereocenters. The molecule has 70 valence electrons. The van der Waals surface area contributed by atoms with E-state index in [1.165, 1.54) is 25.7 Å². The maximum atomic E-state index is 3.75. The second-order valence-corrected chi connectivity index (χ2v) is 4.62. The van der Waals surface area contributed by atoms with E-state index >= 15 is 0 Å². The number of nitrogens with one attached hydrogen (secondary N) is 1. The summed E-state index contributed by atoms with van der Waals surface area (Å²) in [6.45, 7) is 0. The van der Waals surface area contributed by atoms with Crippen LogP contribution in [0.1, 0.15) is 25.7 Å². The van der Waals surface area contributed by atoms with Gasteiger partial charge in [0.1, 0.15) is 0 Å². The molecule has 0 saturated heterocycles. The Balaban J connectivity index is 1.56. The molecule has 0 bridgehead atoms. The Hall–Kier alpha value is -0.560. The Morgan fingerprint density at radius 1 is 1.15 bits per heavy atom. The molecule has 0 radical (unpaired) electrons. The van der Waals surface area contributed by atoms with Gasteiger partial charge in [0.2, 0.25) is 0 Å². The van der Waals surface area contributed by atoms with Crippen molar-refractivity contribution >= 4 is 0 Å². The first-order valence-electron chi connectivity index (χ1n) is 5.53. The number of hydrogen-bond donors (Lipinski definition) is 1. The van der Waals surface area contributed by atoms with Crippen LogP contribution < -0.4 is 5.32 Å². The summed E-state index contributed by atoms with van der Waals surface area (Å²) in [5.74, 6) is 1.86. The second-order valence-electron chi connectivity index (χ2n) is 4.62. The van der Waals surface area contributed by atoms with Crippen molar-refractivity contribution in [1.82, 2.24) is 5.32 Å². The van der Waals surface area contributed by atoms with Crippen LogP contribution in [0.2, 0.25) is 0 Å². The molecule has 13 heavy (non-hydrogen) atoms. The van der Waals surface area contributed by atoms with Gasteiger partial charge in [-0.25, -0.2) is 0 Å². The summed E-state index contributed by atoms with van der Waals surface area (Å²) in [5.41, 5.74) is 0. The third-order valence-electron chi connectivity index (χ3n) is 3.80. The molecular weight excluding hydrogens is 158 g/mol. The largest absolute Gasteiger partial charge is 0.307 e. The monoisotopic (exact) mass is 175 g/mol. The minimum Gasteiger partial charge on any atom is -0.307 e. The van der Waals surface area contributed by atoms with E-state index in [4.69, 9.17) is 0 Å². The molecule has 0 aromatic heterocycles. The van der Waals surface area contributed by atoms with Gasteiger partial charge >= 0.3 is 0 Å². The zero-order valence-corrected chi connectivity index (χ0v) is 7.95. The third kappa shape index (κ3) is 1.26. The normalized spacial score (nSPS) is 46.5. The van der Waals surface area contributed by atoms with Gasteiger partial charge in [0, 0.05) is 12.1 Å². The minimum absolute atomic E-state index is 0.681. The molecule has 3 aliphatic rings. The van der Waals surface area contributed by atoms with Gasteiger partial charge < -0.3 is 5.32 Å². The van der Waals surface area contributed by atoms with Crippen LogP contribution in [0.4, 0.5) is 0 Å². The molecule has 0 aromatic rings. The van der Waals surface area contributed by atoms with Crippen molar-refractivity contribution < 1.29 is 0 Å². The Morgan fingerprint density at radius 3 is 2.92 bits per heavy atom. The average Bonchev–Trinajstić information content (AvgIpc) is 2.69. The Morgan fingerprint density at radius 2 is 2.15 bits per heavy atom. The van der Waals surface area contributed by atoms with Gasteiger partial charge in [-0.15, -0.1) is 0 Å². The minimum atomic E-state index is 0.681. The Labute approximate surface area is 79.9 Å². The van der Waals surface area contributed by atoms with E-state index in [2.05, 4.69) is 29.6 Å². The van der Waals surface area contributed by atoms with E-state index in [0.717, 1.165) is 17.9 Å². The van der Waals surface area contributed by atoms with Crippen LogP contribution in [-0.2, 0) is 0 Å². The molecule has 0 aromatic carbocycles. The average molecular weight is 175 g/mol. The Bertz CT molecular complexity index is 254. The molecule has 0 aliphatic heterocycles. The van der Waals surface area contributed by atoms with E-state index in [1.807, 2.05) is 0 Å². The molecule has 3 rings (SSSR count). The van der Waals surface area contributed by atoms with Crippen LogP contribution in [0.3, 0.4) is 0 Å². The first-order chi connectivity index (χ1) is 6.43. The summed E-state index contributed by atoms with van der Waals surface area (Å²) in [4.78, 5) is 0. The van der Waals surface area contributed by atoms with Crippen LogP contribution in [0.25, 0.3) is 0 Å². The highest BCUT2D eigenvalue weighted by molar-refractivity contribution is 5.14. The molecule has 1 fully saturated rings. The summed E-state index contributed by atoms with van der Waals surface area (Å²) in [5, 5.41) is 3.75. The van der Waals surface area contributed by atoms with Crippen LogP contribution in [0.15, 0.2) is 24.3 Å². The molecule has 1 N–H and O–H groups in total.